The number of rotatable bonds is 3. The summed E-state index contributed by atoms with van der Waals surface area (Å²) in [7, 11) is 0. The van der Waals surface area contributed by atoms with Crippen LogP contribution in [-0.4, -0.2) is 56.0 Å². The maximum absolute atomic E-state index is 13.0. The van der Waals surface area contributed by atoms with Gasteiger partial charge in [-0.05, 0) is 49.4 Å². The molecule has 29 heavy (non-hydrogen) atoms. The van der Waals surface area contributed by atoms with E-state index in [2.05, 4.69) is 26.2 Å². The summed E-state index contributed by atoms with van der Waals surface area (Å²) >= 11 is 3.39. The lowest BCUT2D eigenvalue weighted by molar-refractivity contribution is -0.178. The third-order valence-electron chi connectivity index (χ3n) is 4.93. The molecule has 1 fully saturated rings. The van der Waals surface area contributed by atoms with Gasteiger partial charge in [-0.25, -0.2) is 4.98 Å². The van der Waals surface area contributed by atoms with Crippen molar-refractivity contribution in [2.75, 3.05) is 11.9 Å². The number of halogens is 1. The van der Waals surface area contributed by atoms with Crippen molar-refractivity contribution in [3.05, 3.63) is 63.1 Å². The fourth-order valence-electron chi connectivity index (χ4n) is 3.38. The summed E-state index contributed by atoms with van der Waals surface area (Å²) in [4.78, 5) is 17.5. The van der Waals surface area contributed by atoms with Gasteiger partial charge in [-0.1, -0.05) is 15.9 Å². The van der Waals surface area contributed by atoms with Crippen LogP contribution >= 0.6 is 15.9 Å². The van der Waals surface area contributed by atoms with Crippen LogP contribution in [-0.2, 0) is 4.74 Å². The maximum atomic E-state index is 13.0. The van der Waals surface area contributed by atoms with E-state index < -0.39 is 24.5 Å². The highest BCUT2D eigenvalue weighted by atomic mass is 79.9. The van der Waals surface area contributed by atoms with Crippen LogP contribution in [0.3, 0.4) is 0 Å². The van der Waals surface area contributed by atoms with Gasteiger partial charge in [0.25, 0.3) is 5.56 Å². The topological polar surface area (TPSA) is 117 Å². The second-order valence-electron chi connectivity index (χ2n) is 6.95. The number of aliphatic hydroxyl groups excluding tert-OH is 3. The van der Waals surface area contributed by atoms with Gasteiger partial charge in [-0.3, -0.25) is 9.36 Å². The molecule has 4 rings (SSSR count). The number of aryl methyl sites for hydroxylation is 1. The van der Waals surface area contributed by atoms with Crippen molar-refractivity contribution in [3.63, 3.8) is 0 Å². The van der Waals surface area contributed by atoms with E-state index in [9.17, 15) is 20.1 Å². The average Bonchev–Trinajstić information content (AvgIpc) is 2.70. The van der Waals surface area contributed by atoms with Gasteiger partial charge in [-0.2, -0.15) is 0 Å². The first-order chi connectivity index (χ1) is 13.8. The van der Waals surface area contributed by atoms with Crippen molar-refractivity contribution in [3.8, 4) is 5.69 Å². The Morgan fingerprint density at radius 3 is 2.59 bits per heavy atom. The van der Waals surface area contributed by atoms with Crippen molar-refractivity contribution >= 4 is 32.5 Å². The molecule has 152 valence electrons. The van der Waals surface area contributed by atoms with Gasteiger partial charge in [0.15, 0.2) is 6.23 Å². The standard InChI is InChI=1S/C20H20BrN3O5/c1-10-22-15-7-2-11(21)8-14(15)20(28)24(10)13-5-3-12(4-6-13)23-19-18(27)17(26)16(25)9-29-19/h2-8,16-19,23,25-27H,9H2,1H3/t16-,17-,18+,19-/m1/s1. The van der Waals surface area contributed by atoms with E-state index in [1.165, 1.54) is 4.57 Å². The Morgan fingerprint density at radius 1 is 1.14 bits per heavy atom. The highest BCUT2D eigenvalue weighted by Crippen LogP contribution is 2.21. The van der Waals surface area contributed by atoms with Crippen molar-refractivity contribution in [2.24, 2.45) is 0 Å². The summed E-state index contributed by atoms with van der Waals surface area (Å²) in [6.45, 7) is 1.69. The van der Waals surface area contributed by atoms with Crippen molar-refractivity contribution in [1.82, 2.24) is 9.55 Å². The minimum Gasteiger partial charge on any atom is -0.388 e. The fraction of sp³-hybridized carbons (Fsp3) is 0.300. The Hall–Kier alpha value is -2.30. The van der Waals surface area contributed by atoms with Crippen LogP contribution < -0.4 is 10.9 Å². The summed E-state index contributed by atoms with van der Waals surface area (Å²) in [6, 6.07) is 12.4. The summed E-state index contributed by atoms with van der Waals surface area (Å²) in [5.74, 6) is 0.564. The number of fused-ring (bicyclic) bond motifs is 1. The lowest BCUT2D eigenvalue weighted by Gasteiger charge is -2.35. The fourth-order valence-corrected chi connectivity index (χ4v) is 3.74. The van der Waals surface area contributed by atoms with Crippen LogP contribution in [0.4, 0.5) is 5.69 Å². The van der Waals surface area contributed by atoms with E-state index >= 15 is 0 Å². The summed E-state index contributed by atoms with van der Waals surface area (Å²) in [6.07, 6.45) is -4.54. The number of ether oxygens (including phenoxy) is 1. The predicted molar refractivity (Wildman–Crippen MR) is 111 cm³/mol. The molecule has 2 aromatic carbocycles. The Bertz CT molecular complexity index is 1100. The Kier molecular flexibility index (Phi) is 5.41. The van der Waals surface area contributed by atoms with E-state index in [4.69, 9.17) is 4.74 Å². The SMILES string of the molecule is Cc1nc2ccc(Br)cc2c(=O)n1-c1ccc(N[C@@H]2OC[C@@H](O)[C@@H](O)[C@@H]2O)cc1. The largest absolute Gasteiger partial charge is 0.388 e. The second-order valence-corrected chi connectivity index (χ2v) is 7.87. The Balaban J connectivity index is 1.62. The first-order valence-electron chi connectivity index (χ1n) is 9.07. The zero-order valence-corrected chi connectivity index (χ0v) is 17.1. The molecule has 1 aliphatic rings. The van der Waals surface area contributed by atoms with Crippen LogP contribution in [0.5, 0.6) is 0 Å². The van der Waals surface area contributed by atoms with Crippen molar-refractivity contribution in [1.29, 1.82) is 0 Å². The van der Waals surface area contributed by atoms with E-state index in [0.717, 1.165) is 4.47 Å². The van der Waals surface area contributed by atoms with E-state index in [1.807, 2.05) is 6.07 Å². The van der Waals surface area contributed by atoms with Crippen LogP contribution in [0.2, 0.25) is 0 Å². The maximum Gasteiger partial charge on any atom is 0.265 e. The number of aliphatic hydroxyl groups is 3. The van der Waals surface area contributed by atoms with Crippen LogP contribution in [0.25, 0.3) is 16.6 Å². The summed E-state index contributed by atoms with van der Waals surface area (Å²) in [5.41, 5.74) is 1.74. The molecular weight excluding hydrogens is 442 g/mol. The molecule has 1 saturated heterocycles. The molecule has 0 unspecified atom stereocenters. The van der Waals surface area contributed by atoms with Crippen molar-refractivity contribution in [2.45, 2.75) is 31.5 Å². The van der Waals surface area contributed by atoms with Crippen molar-refractivity contribution < 1.29 is 20.1 Å². The molecule has 0 amide bonds. The van der Waals surface area contributed by atoms with Crippen LogP contribution in [0.15, 0.2) is 51.7 Å². The van der Waals surface area contributed by atoms with Gasteiger partial charge in [-0.15, -0.1) is 0 Å². The zero-order chi connectivity index (χ0) is 20.7. The smallest absolute Gasteiger partial charge is 0.265 e. The number of anilines is 1. The molecule has 2 heterocycles. The molecule has 4 N–H and O–H groups in total. The number of aromatic nitrogens is 2. The van der Waals surface area contributed by atoms with E-state index in [0.29, 0.717) is 28.1 Å². The van der Waals surface area contributed by atoms with E-state index in [-0.39, 0.29) is 12.2 Å². The molecule has 3 aromatic rings. The molecule has 0 bridgehead atoms. The molecule has 9 heteroatoms. The molecule has 0 spiro atoms. The first kappa shape index (κ1) is 20.0. The Morgan fingerprint density at radius 2 is 1.86 bits per heavy atom. The van der Waals surface area contributed by atoms with Gasteiger partial charge >= 0.3 is 0 Å². The van der Waals surface area contributed by atoms with Gasteiger partial charge < -0.3 is 25.4 Å². The third-order valence-corrected chi connectivity index (χ3v) is 5.43. The minimum absolute atomic E-state index is 0.0825. The molecular formula is C20H20BrN3O5. The average molecular weight is 462 g/mol. The number of benzene rings is 2. The number of nitrogens with one attached hydrogen (secondary N) is 1. The molecule has 8 nitrogen and oxygen atoms in total. The third kappa shape index (κ3) is 3.79. The molecule has 0 aliphatic carbocycles. The van der Waals surface area contributed by atoms with Gasteiger partial charge in [0.1, 0.15) is 24.1 Å². The first-order valence-corrected chi connectivity index (χ1v) is 9.86. The number of nitrogens with zero attached hydrogens (tertiary/aromatic N) is 2. The summed E-state index contributed by atoms with van der Waals surface area (Å²) in [5, 5.41) is 32.8. The monoisotopic (exact) mass is 461 g/mol. The minimum atomic E-state index is -1.29. The number of hydrogen-bond acceptors (Lipinski definition) is 7. The van der Waals surface area contributed by atoms with Crippen LogP contribution in [0.1, 0.15) is 5.82 Å². The van der Waals surface area contributed by atoms with Crippen LogP contribution in [0, 0.1) is 6.92 Å². The molecule has 1 aromatic heterocycles. The normalized spacial score (nSPS) is 24.6. The lowest BCUT2D eigenvalue weighted by Crippen LogP contribution is -2.55. The van der Waals surface area contributed by atoms with Gasteiger partial charge in [0.2, 0.25) is 0 Å². The lowest BCUT2D eigenvalue weighted by atomic mass is 10.0. The molecule has 0 saturated carbocycles. The second kappa shape index (κ2) is 7.85. The highest BCUT2D eigenvalue weighted by molar-refractivity contribution is 9.10. The van der Waals surface area contributed by atoms with Gasteiger partial charge in [0, 0.05) is 10.2 Å². The molecule has 4 atom stereocenters. The molecule has 0 radical (unpaired) electrons. The Labute approximate surface area is 174 Å². The number of hydrogen-bond donors (Lipinski definition) is 4. The van der Waals surface area contributed by atoms with E-state index in [1.54, 1.807) is 43.3 Å². The zero-order valence-electron chi connectivity index (χ0n) is 15.5. The summed E-state index contributed by atoms with van der Waals surface area (Å²) < 4.78 is 7.68. The quantitative estimate of drug-likeness (QED) is 0.464. The van der Waals surface area contributed by atoms with Gasteiger partial charge in [0.05, 0.1) is 23.2 Å². The highest BCUT2D eigenvalue weighted by Gasteiger charge is 2.37. The molecule has 1 aliphatic heterocycles. The predicted octanol–water partition coefficient (Wildman–Crippen LogP) is 1.31.